The number of imidazole rings is 1. The number of hydrogen-bond acceptors (Lipinski definition) is 5. The molecule has 0 unspecified atom stereocenters. The van der Waals surface area contributed by atoms with Gasteiger partial charge in [-0.1, -0.05) is 30.4 Å². The van der Waals surface area contributed by atoms with E-state index in [9.17, 15) is 4.79 Å². The summed E-state index contributed by atoms with van der Waals surface area (Å²) in [4.78, 5) is 15.6. The first-order chi connectivity index (χ1) is 11.1. The molecule has 0 aliphatic rings. The van der Waals surface area contributed by atoms with Crippen molar-refractivity contribution in [2.75, 3.05) is 6.61 Å². The smallest absolute Gasteiger partial charge is 0.309 e. The van der Waals surface area contributed by atoms with Crippen LogP contribution in [0.5, 0.6) is 5.75 Å². The van der Waals surface area contributed by atoms with Gasteiger partial charge in [-0.3, -0.25) is 4.79 Å². The third-order valence-electron chi connectivity index (χ3n) is 3.38. The van der Waals surface area contributed by atoms with Crippen LogP contribution in [-0.2, 0) is 24.1 Å². The number of carboxylic acid groups (broad SMARTS) is 1. The highest BCUT2D eigenvalue weighted by atomic mass is 32.1. The Morgan fingerprint density at radius 3 is 2.78 bits per heavy atom. The van der Waals surface area contributed by atoms with Gasteiger partial charge in [0.2, 0.25) is 4.96 Å². The molecule has 0 fully saturated rings. The number of carbonyl (C=O) groups is 1. The van der Waals surface area contributed by atoms with E-state index in [-0.39, 0.29) is 6.42 Å². The van der Waals surface area contributed by atoms with E-state index in [1.807, 2.05) is 12.1 Å². The van der Waals surface area contributed by atoms with Crippen LogP contribution in [0.4, 0.5) is 0 Å². The Morgan fingerprint density at radius 2 is 2.13 bits per heavy atom. The summed E-state index contributed by atoms with van der Waals surface area (Å²) in [6.07, 6.45) is 3.29. The van der Waals surface area contributed by atoms with E-state index in [1.54, 1.807) is 10.7 Å². The summed E-state index contributed by atoms with van der Waals surface area (Å²) in [6, 6.07) is 8.09. The van der Waals surface area contributed by atoms with Crippen molar-refractivity contribution < 1.29 is 14.6 Å². The van der Waals surface area contributed by atoms with Gasteiger partial charge in [0.05, 0.1) is 24.9 Å². The van der Waals surface area contributed by atoms with Gasteiger partial charge in [0, 0.05) is 6.42 Å². The van der Waals surface area contributed by atoms with Crippen molar-refractivity contribution in [3.05, 3.63) is 46.7 Å². The van der Waals surface area contributed by atoms with Gasteiger partial charge in [-0.05, 0) is 24.1 Å². The van der Waals surface area contributed by atoms with E-state index >= 15 is 0 Å². The number of aliphatic carboxylic acids is 1. The number of fused-ring (bicyclic) bond motifs is 1. The number of carboxylic acids is 1. The molecule has 23 heavy (non-hydrogen) atoms. The quantitative estimate of drug-likeness (QED) is 0.720. The lowest BCUT2D eigenvalue weighted by atomic mass is 10.2. The summed E-state index contributed by atoms with van der Waals surface area (Å²) in [5.74, 6) is -0.0363. The van der Waals surface area contributed by atoms with Crippen molar-refractivity contribution in [3.63, 3.8) is 0 Å². The molecule has 0 bridgehead atoms. The molecule has 2 heterocycles. The number of aromatic nitrogens is 3. The van der Waals surface area contributed by atoms with Gasteiger partial charge in [0.15, 0.2) is 0 Å². The molecule has 2 aromatic heterocycles. The van der Waals surface area contributed by atoms with Gasteiger partial charge < -0.3 is 9.84 Å². The molecule has 6 nitrogen and oxygen atoms in total. The van der Waals surface area contributed by atoms with Crippen LogP contribution in [0.2, 0.25) is 0 Å². The number of benzene rings is 1. The van der Waals surface area contributed by atoms with Gasteiger partial charge >= 0.3 is 5.97 Å². The molecule has 1 aromatic carbocycles. The highest BCUT2D eigenvalue weighted by Gasteiger charge is 2.10. The van der Waals surface area contributed by atoms with Crippen molar-refractivity contribution in [2.45, 2.75) is 26.2 Å². The first-order valence-electron chi connectivity index (χ1n) is 7.41. The molecule has 0 amide bonds. The minimum atomic E-state index is -0.890. The molecule has 7 heteroatoms. The average Bonchev–Trinajstić information content (AvgIpc) is 3.05. The summed E-state index contributed by atoms with van der Waals surface area (Å²) in [5, 5.41) is 14.1. The van der Waals surface area contributed by atoms with E-state index in [1.165, 1.54) is 16.9 Å². The van der Waals surface area contributed by atoms with Crippen molar-refractivity contribution in [1.29, 1.82) is 0 Å². The largest absolute Gasteiger partial charge is 0.493 e. The first kappa shape index (κ1) is 15.5. The lowest BCUT2D eigenvalue weighted by Gasteiger charge is -2.05. The molecule has 0 atom stereocenters. The molecule has 0 saturated carbocycles. The van der Waals surface area contributed by atoms with E-state index in [4.69, 9.17) is 9.84 Å². The highest BCUT2D eigenvalue weighted by molar-refractivity contribution is 7.16. The number of aryl methyl sites for hydroxylation is 1. The molecule has 0 radical (unpaired) electrons. The van der Waals surface area contributed by atoms with Crippen molar-refractivity contribution >= 4 is 22.3 Å². The fourth-order valence-corrected chi connectivity index (χ4v) is 3.08. The van der Waals surface area contributed by atoms with E-state index in [0.717, 1.165) is 17.2 Å². The zero-order valence-corrected chi connectivity index (χ0v) is 13.5. The summed E-state index contributed by atoms with van der Waals surface area (Å²) >= 11 is 1.45. The van der Waals surface area contributed by atoms with E-state index in [2.05, 4.69) is 29.1 Å². The molecule has 3 rings (SSSR count). The zero-order chi connectivity index (χ0) is 16.2. The Bertz CT molecular complexity index is 776. The Kier molecular flexibility index (Phi) is 4.57. The summed E-state index contributed by atoms with van der Waals surface area (Å²) < 4.78 is 7.35. The predicted molar refractivity (Wildman–Crippen MR) is 87.2 cm³/mol. The van der Waals surface area contributed by atoms with Crippen molar-refractivity contribution in [3.8, 4) is 5.75 Å². The van der Waals surface area contributed by atoms with Gasteiger partial charge in [0.25, 0.3) is 0 Å². The third-order valence-corrected chi connectivity index (χ3v) is 4.37. The van der Waals surface area contributed by atoms with Crippen LogP contribution < -0.4 is 4.74 Å². The number of rotatable bonds is 7. The normalized spacial score (nSPS) is 11.0. The Labute approximate surface area is 137 Å². The monoisotopic (exact) mass is 331 g/mol. The zero-order valence-electron chi connectivity index (χ0n) is 12.7. The predicted octanol–water partition coefficient (Wildman–Crippen LogP) is 2.60. The fraction of sp³-hybridized carbons (Fsp3) is 0.312. The van der Waals surface area contributed by atoms with Crippen LogP contribution >= 0.6 is 11.3 Å². The van der Waals surface area contributed by atoms with E-state index < -0.39 is 5.97 Å². The van der Waals surface area contributed by atoms with E-state index in [0.29, 0.717) is 23.7 Å². The van der Waals surface area contributed by atoms with Crippen LogP contribution in [0.15, 0.2) is 30.5 Å². The molecule has 1 N–H and O–H groups in total. The molecular weight excluding hydrogens is 314 g/mol. The number of hydrogen-bond donors (Lipinski definition) is 1. The lowest BCUT2D eigenvalue weighted by Crippen LogP contribution is -2.02. The van der Waals surface area contributed by atoms with Gasteiger partial charge in [-0.2, -0.15) is 5.10 Å². The van der Waals surface area contributed by atoms with Crippen molar-refractivity contribution in [1.82, 2.24) is 14.6 Å². The molecule has 0 saturated heterocycles. The SMILES string of the molecule is CCc1ccc(OCCc2nn3cc(CC(=O)O)nc3s2)cc1. The Balaban J connectivity index is 1.56. The summed E-state index contributed by atoms with van der Waals surface area (Å²) in [7, 11) is 0. The molecule has 0 spiro atoms. The van der Waals surface area contributed by atoms with Crippen LogP contribution in [-0.4, -0.2) is 32.3 Å². The first-order valence-corrected chi connectivity index (χ1v) is 8.23. The maximum absolute atomic E-state index is 10.7. The minimum Gasteiger partial charge on any atom is -0.493 e. The second-order valence-electron chi connectivity index (χ2n) is 5.12. The Morgan fingerprint density at radius 1 is 1.35 bits per heavy atom. The lowest BCUT2D eigenvalue weighted by molar-refractivity contribution is -0.136. The number of nitrogens with zero attached hydrogens (tertiary/aromatic N) is 3. The summed E-state index contributed by atoms with van der Waals surface area (Å²) in [6.45, 7) is 2.67. The molecule has 120 valence electrons. The van der Waals surface area contributed by atoms with Gasteiger partial charge in [0.1, 0.15) is 10.8 Å². The second-order valence-corrected chi connectivity index (χ2v) is 6.16. The van der Waals surface area contributed by atoms with Crippen LogP contribution in [0, 0.1) is 0 Å². The standard InChI is InChI=1S/C16H17N3O3S/c1-2-11-3-5-13(6-4-11)22-8-7-14-18-19-10-12(9-15(20)21)17-16(19)23-14/h3-6,10H,2,7-9H2,1H3,(H,20,21). The van der Waals surface area contributed by atoms with Crippen LogP contribution in [0.25, 0.3) is 4.96 Å². The number of ether oxygens (including phenoxy) is 1. The maximum atomic E-state index is 10.7. The minimum absolute atomic E-state index is 0.0811. The molecule has 0 aliphatic carbocycles. The average molecular weight is 331 g/mol. The summed E-state index contributed by atoms with van der Waals surface area (Å²) in [5.41, 5.74) is 1.81. The topological polar surface area (TPSA) is 76.7 Å². The fourth-order valence-electron chi connectivity index (χ4n) is 2.21. The van der Waals surface area contributed by atoms with Crippen LogP contribution in [0.1, 0.15) is 23.2 Å². The maximum Gasteiger partial charge on any atom is 0.309 e. The van der Waals surface area contributed by atoms with Crippen LogP contribution in [0.3, 0.4) is 0 Å². The molecule has 0 aliphatic heterocycles. The Hall–Kier alpha value is -2.41. The molecular formula is C16H17N3O3S. The second kappa shape index (κ2) is 6.78. The van der Waals surface area contributed by atoms with Gasteiger partial charge in [-0.15, -0.1) is 0 Å². The third kappa shape index (κ3) is 3.87. The molecule has 3 aromatic rings. The van der Waals surface area contributed by atoms with Crippen molar-refractivity contribution in [2.24, 2.45) is 0 Å². The van der Waals surface area contributed by atoms with Gasteiger partial charge in [-0.25, -0.2) is 9.50 Å². The highest BCUT2D eigenvalue weighted by Crippen LogP contribution is 2.17.